The molecule has 0 unspecified atom stereocenters. The molecule has 0 aliphatic heterocycles. The number of hydrogen-bond acceptors (Lipinski definition) is 3. The first-order chi connectivity index (χ1) is 34.4. The highest BCUT2D eigenvalue weighted by Gasteiger charge is 2.36. The van der Waals surface area contributed by atoms with Gasteiger partial charge in [0.2, 0.25) is 5.95 Å². The number of fused-ring (bicyclic) bond motifs is 13. The van der Waals surface area contributed by atoms with Crippen LogP contribution in [0.2, 0.25) is 0 Å². The van der Waals surface area contributed by atoms with Crippen LogP contribution in [-0.4, -0.2) is 19.1 Å². The van der Waals surface area contributed by atoms with Crippen LogP contribution < -0.4 is 0 Å². The minimum Gasteiger partial charge on any atom is -0.456 e. The Hall–Kier alpha value is -9.06. The Morgan fingerprint density at radius 2 is 0.943 bits per heavy atom. The monoisotopic (exact) mass is 894 g/mol. The van der Waals surface area contributed by atoms with Gasteiger partial charge in [-0.05, 0) is 111 Å². The van der Waals surface area contributed by atoms with Crippen molar-refractivity contribution in [1.82, 2.24) is 19.1 Å². The van der Waals surface area contributed by atoms with Crippen molar-refractivity contribution in [3.05, 3.63) is 230 Å². The summed E-state index contributed by atoms with van der Waals surface area (Å²) in [6.45, 7) is 4.72. The van der Waals surface area contributed by atoms with Gasteiger partial charge in [-0.1, -0.05) is 159 Å². The number of aromatic nitrogens is 4. The van der Waals surface area contributed by atoms with Crippen molar-refractivity contribution in [3.8, 4) is 56.3 Å². The molecule has 1 aliphatic rings. The summed E-state index contributed by atoms with van der Waals surface area (Å²) in [6, 6.07) is 78.9. The van der Waals surface area contributed by atoms with E-state index < -0.39 is 0 Å². The van der Waals surface area contributed by atoms with Gasteiger partial charge in [-0.3, -0.25) is 4.57 Å². The Kier molecular flexibility index (Phi) is 8.06. The lowest BCUT2D eigenvalue weighted by molar-refractivity contribution is 0.661. The predicted octanol–water partition coefficient (Wildman–Crippen LogP) is 17.0. The Balaban J connectivity index is 0.956. The molecule has 5 heteroatoms. The lowest BCUT2D eigenvalue weighted by Gasteiger charge is -2.21. The van der Waals surface area contributed by atoms with E-state index in [9.17, 15) is 0 Å². The molecule has 0 amide bonds. The molecule has 70 heavy (non-hydrogen) atoms. The van der Waals surface area contributed by atoms with Crippen LogP contribution in [0, 0.1) is 0 Å². The zero-order valence-corrected chi connectivity index (χ0v) is 38.5. The third-order valence-electron chi connectivity index (χ3n) is 15.1. The maximum absolute atomic E-state index is 6.56. The summed E-state index contributed by atoms with van der Waals surface area (Å²) < 4.78 is 11.2. The smallest absolute Gasteiger partial charge is 0.235 e. The maximum atomic E-state index is 6.56. The summed E-state index contributed by atoms with van der Waals surface area (Å²) in [4.78, 5) is 10.8. The molecule has 0 spiro atoms. The molecular weight excluding hydrogens is 853 g/mol. The highest BCUT2D eigenvalue weighted by molar-refractivity contribution is 6.18. The Morgan fingerprint density at radius 1 is 0.357 bits per heavy atom. The van der Waals surface area contributed by atoms with Crippen molar-refractivity contribution in [2.24, 2.45) is 0 Å². The first-order valence-electron chi connectivity index (χ1n) is 24.1. The van der Waals surface area contributed by atoms with E-state index in [0.29, 0.717) is 5.95 Å². The third-order valence-corrected chi connectivity index (χ3v) is 15.1. The molecule has 0 saturated heterocycles. The van der Waals surface area contributed by atoms with Gasteiger partial charge in [0.15, 0.2) is 0 Å². The number of furan rings is 1. The lowest BCUT2D eigenvalue weighted by atomic mass is 9.82. The third kappa shape index (κ3) is 5.60. The first-order valence-corrected chi connectivity index (χ1v) is 24.1. The second-order valence-corrected chi connectivity index (χ2v) is 19.4. The molecule has 0 radical (unpaired) electrons. The molecule has 5 nitrogen and oxygen atoms in total. The van der Waals surface area contributed by atoms with Gasteiger partial charge in [-0.2, -0.15) is 0 Å². The van der Waals surface area contributed by atoms with Crippen LogP contribution in [0.5, 0.6) is 0 Å². The van der Waals surface area contributed by atoms with Crippen molar-refractivity contribution in [2.75, 3.05) is 0 Å². The van der Waals surface area contributed by atoms with E-state index in [0.717, 1.165) is 88.3 Å². The molecule has 15 rings (SSSR count). The van der Waals surface area contributed by atoms with Gasteiger partial charge in [-0.25, -0.2) is 9.97 Å². The molecule has 0 fully saturated rings. The number of nitrogens with zero attached hydrogens (tertiary/aromatic N) is 4. The van der Waals surface area contributed by atoms with Gasteiger partial charge < -0.3 is 8.98 Å². The van der Waals surface area contributed by atoms with Crippen LogP contribution in [0.1, 0.15) is 25.0 Å². The van der Waals surface area contributed by atoms with E-state index in [1.807, 2.05) is 12.1 Å². The summed E-state index contributed by atoms with van der Waals surface area (Å²) in [5, 5.41) is 7.88. The van der Waals surface area contributed by atoms with Crippen LogP contribution in [0.25, 0.3) is 133 Å². The average molecular weight is 895 g/mol. The summed E-state index contributed by atoms with van der Waals surface area (Å²) in [7, 11) is 0. The zero-order valence-electron chi connectivity index (χ0n) is 38.5. The Bertz CT molecular complexity index is 4480. The average Bonchev–Trinajstić information content (AvgIpc) is 4.11. The maximum Gasteiger partial charge on any atom is 0.235 e. The van der Waals surface area contributed by atoms with Gasteiger partial charge in [0.1, 0.15) is 11.2 Å². The minimum atomic E-state index is -0.111. The molecule has 0 saturated carbocycles. The van der Waals surface area contributed by atoms with Gasteiger partial charge in [0.25, 0.3) is 0 Å². The van der Waals surface area contributed by atoms with Crippen LogP contribution in [0.15, 0.2) is 223 Å². The molecule has 14 aromatic rings. The molecule has 1 aliphatic carbocycles. The summed E-state index contributed by atoms with van der Waals surface area (Å²) in [5.41, 5.74) is 20.0. The van der Waals surface area contributed by atoms with E-state index in [1.54, 1.807) is 0 Å². The molecular formula is C65H42N4O. The SMILES string of the molecule is CC1(C)c2ccccc2-c2cc3c4cc(-c5ccc6c(c5)c5cc7c(cc5n6-c5nc(-c6ccc(-c8ccccc8)cc6)c6ccccc6n5)oc5ccccc57)ccc4n(-c4ccccc4)c3cc21. The molecule has 328 valence electrons. The van der Waals surface area contributed by atoms with E-state index in [4.69, 9.17) is 14.4 Å². The Labute approximate surface area is 403 Å². The number of para-hydroxylation sites is 3. The van der Waals surface area contributed by atoms with E-state index in [2.05, 4.69) is 229 Å². The molecule has 4 aromatic heterocycles. The lowest BCUT2D eigenvalue weighted by Crippen LogP contribution is -2.14. The van der Waals surface area contributed by atoms with Crippen LogP contribution >= 0.6 is 0 Å². The van der Waals surface area contributed by atoms with Gasteiger partial charge in [0, 0.05) is 60.4 Å². The molecule has 0 bridgehead atoms. The van der Waals surface area contributed by atoms with Gasteiger partial charge in [-0.15, -0.1) is 0 Å². The number of rotatable bonds is 5. The van der Waals surface area contributed by atoms with Gasteiger partial charge >= 0.3 is 0 Å². The van der Waals surface area contributed by atoms with E-state index in [-0.39, 0.29) is 5.41 Å². The molecule has 0 N–H and O–H groups in total. The van der Waals surface area contributed by atoms with Crippen molar-refractivity contribution in [3.63, 3.8) is 0 Å². The number of hydrogen-bond donors (Lipinski definition) is 0. The molecule has 4 heterocycles. The van der Waals surface area contributed by atoms with Crippen LogP contribution in [0.3, 0.4) is 0 Å². The highest BCUT2D eigenvalue weighted by Crippen LogP contribution is 2.51. The summed E-state index contributed by atoms with van der Waals surface area (Å²) in [6.07, 6.45) is 0. The fourth-order valence-corrected chi connectivity index (χ4v) is 11.7. The van der Waals surface area contributed by atoms with Gasteiger partial charge in [0.05, 0.1) is 33.3 Å². The first kappa shape index (κ1) is 39.0. The largest absolute Gasteiger partial charge is 0.456 e. The molecule has 10 aromatic carbocycles. The predicted molar refractivity (Wildman–Crippen MR) is 289 cm³/mol. The van der Waals surface area contributed by atoms with E-state index >= 15 is 0 Å². The zero-order chi connectivity index (χ0) is 46.2. The second kappa shape index (κ2) is 14.5. The fraction of sp³-hybridized carbons (Fsp3) is 0.0462. The normalized spacial score (nSPS) is 13.1. The summed E-state index contributed by atoms with van der Waals surface area (Å²) >= 11 is 0. The highest BCUT2D eigenvalue weighted by atomic mass is 16.3. The van der Waals surface area contributed by atoms with Crippen molar-refractivity contribution >= 4 is 76.5 Å². The number of benzene rings is 10. The summed E-state index contributed by atoms with van der Waals surface area (Å²) in [5.74, 6) is 0.608. The van der Waals surface area contributed by atoms with E-state index in [1.165, 1.54) is 49.6 Å². The molecule has 0 atom stereocenters. The second-order valence-electron chi connectivity index (χ2n) is 19.4. The topological polar surface area (TPSA) is 48.8 Å². The van der Waals surface area contributed by atoms with Crippen LogP contribution in [-0.2, 0) is 5.41 Å². The van der Waals surface area contributed by atoms with Crippen molar-refractivity contribution in [1.29, 1.82) is 0 Å². The Morgan fingerprint density at radius 3 is 1.73 bits per heavy atom. The van der Waals surface area contributed by atoms with Crippen molar-refractivity contribution < 1.29 is 4.42 Å². The quantitative estimate of drug-likeness (QED) is 0.173. The standard InChI is InChI=1S/C65H42N4O/c1-65(2)54-22-12-9-19-45(54)48-35-51-49-33-42(29-31-57(49)68(59(51)37-55(48)65)44-17-7-4-8-18-44)43-30-32-58-50(34-43)52-36-53-46-20-11-14-24-61(46)70-62(53)38-60(52)69(58)64-66-56-23-13-10-21-47(56)63(67-64)41-27-25-40(26-28-41)39-15-5-3-6-16-39/h3-38H,1-2H3. The minimum absolute atomic E-state index is 0.111. The fourth-order valence-electron chi connectivity index (χ4n) is 11.7. The van der Waals surface area contributed by atoms with Crippen molar-refractivity contribution in [2.45, 2.75) is 19.3 Å². The van der Waals surface area contributed by atoms with Crippen LogP contribution in [0.4, 0.5) is 0 Å².